The van der Waals surface area contributed by atoms with Crippen LogP contribution in [0.1, 0.15) is 38.3 Å². The van der Waals surface area contributed by atoms with E-state index in [4.69, 9.17) is 11.6 Å². The summed E-state index contributed by atoms with van der Waals surface area (Å²) in [6, 6.07) is 9.79. The second kappa shape index (κ2) is 12.0. The molecule has 0 spiro atoms. The van der Waals surface area contributed by atoms with Gasteiger partial charge in [0.05, 0.1) is 22.5 Å². The zero-order chi connectivity index (χ0) is 27.3. The van der Waals surface area contributed by atoms with Gasteiger partial charge in [-0.2, -0.15) is 13.2 Å². The Balaban J connectivity index is 2.47. The maximum atomic E-state index is 13.4. The van der Waals surface area contributed by atoms with E-state index in [2.05, 4.69) is 5.32 Å². The van der Waals surface area contributed by atoms with Gasteiger partial charge in [0.15, 0.2) is 0 Å². The summed E-state index contributed by atoms with van der Waals surface area (Å²) in [5, 5.41) is 2.51. The molecule has 2 aromatic rings. The van der Waals surface area contributed by atoms with Gasteiger partial charge in [-0.15, -0.1) is 0 Å². The van der Waals surface area contributed by atoms with Crippen molar-refractivity contribution >= 4 is 39.1 Å². The zero-order valence-corrected chi connectivity index (χ0v) is 21.9. The number of alkyl halides is 3. The molecule has 0 aliphatic rings. The number of sulfonamides is 1. The van der Waals surface area contributed by atoms with Crippen LogP contribution in [0.5, 0.6) is 0 Å². The minimum atomic E-state index is -4.76. The second-order valence-electron chi connectivity index (χ2n) is 8.43. The predicted octanol–water partition coefficient (Wildman–Crippen LogP) is 4.46. The number of nitrogens with one attached hydrogen (secondary N) is 1. The van der Waals surface area contributed by atoms with Crippen molar-refractivity contribution in [2.75, 3.05) is 17.1 Å². The lowest BCUT2D eigenvalue weighted by Crippen LogP contribution is -2.52. The summed E-state index contributed by atoms with van der Waals surface area (Å²) in [5.74, 6) is -1.24. The SMILES string of the molecule is CC[C@H](C)NC(=O)[C@H](C)N(Cc1ccccc1)C(=O)CN(c1cc(C(F)(F)F)ccc1Cl)S(C)(=O)=O. The monoisotopic (exact) mass is 547 g/mol. The van der Waals surface area contributed by atoms with Crippen molar-refractivity contribution in [3.8, 4) is 0 Å². The molecule has 0 saturated heterocycles. The van der Waals surface area contributed by atoms with Gasteiger partial charge in [-0.1, -0.05) is 48.9 Å². The Bertz CT molecular complexity index is 1180. The Morgan fingerprint density at radius 1 is 1.08 bits per heavy atom. The number of anilines is 1. The third kappa shape index (κ3) is 7.86. The minimum Gasteiger partial charge on any atom is -0.352 e. The normalized spacial score (nSPS) is 13.6. The second-order valence-corrected chi connectivity index (χ2v) is 10.7. The predicted molar refractivity (Wildman–Crippen MR) is 133 cm³/mol. The number of hydrogen-bond acceptors (Lipinski definition) is 4. The fraction of sp³-hybridized carbons (Fsp3) is 0.417. The molecule has 2 atom stereocenters. The van der Waals surface area contributed by atoms with Gasteiger partial charge >= 0.3 is 6.18 Å². The summed E-state index contributed by atoms with van der Waals surface area (Å²) in [6.07, 6.45) is -3.34. The van der Waals surface area contributed by atoms with Gasteiger partial charge in [-0.3, -0.25) is 13.9 Å². The Hall–Kier alpha value is -2.79. The zero-order valence-electron chi connectivity index (χ0n) is 20.3. The summed E-state index contributed by atoms with van der Waals surface area (Å²) in [5.41, 5.74) is -0.929. The van der Waals surface area contributed by atoms with E-state index in [1.54, 1.807) is 37.3 Å². The van der Waals surface area contributed by atoms with Gasteiger partial charge in [0.1, 0.15) is 12.6 Å². The first-order valence-electron chi connectivity index (χ1n) is 11.1. The molecule has 1 N–H and O–H groups in total. The molecule has 0 saturated carbocycles. The van der Waals surface area contributed by atoms with E-state index >= 15 is 0 Å². The number of hydrogen-bond donors (Lipinski definition) is 1. The number of benzene rings is 2. The van der Waals surface area contributed by atoms with Crippen molar-refractivity contribution < 1.29 is 31.2 Å². The number of carbonyl (C=O) groups is 2. The third-order valence-electron chi connectivity index (χ3n) is 5.59. The van der Waals surface area contributed by atoms with E-state index in [9.17, 15) is 31.2 Å². The van der Waals surface area contributed by atoms with Crippen LogP contribution < -0.4 is 9.62 Å². The van der Waals surface area contributed by atoms with E-state index in [1.165, 1.54) is 11.8 Å². The molecule has 0 heterocycles. The lowest BCUT2D eigenvalue weighted by Gasteiger charge is -2.32. The highest BCUT2D eigenvalue weighted by molar-refractivity contribution is 7.92. The third-order valence-corrected chi connectivity index (χ3v) is 7.03. The maximum absolute atomic E-state index is 13.4. The lowest BCUT2D eigenvalue weighted by molar-refractivity contribution is -0.139. The van der Waals surface area contributed by atoms with Gasteiger partial charge in [0.2, 0.25) is 21.8 Å². The molecule has 0 radical (unpaired) electrons. The average molecular weight is 548 g/mol. The summed E-state index contributed by atoms with van der Waals surface area (Å²) in [6.45, 7) is 4.30. The Morgan fingerprint density at radius 2 is 1.69 bits per heavy atom. The molecule has 2 aromatic carbocycles. The van der Waals surface area contributed by atoms with E-state index in [-0.39, 0.29) is 17.6 Å². The Kier molecular flexibility index (Phi) is 9.78. The average Bonchev–Trinajstić information content (AvgIpc) is 2.80. The lowest BCUT2D eigenvalue weighted by atomic mass is 10.1. The van der Waals surface area contributed by atoms with E-state index < -0.39 is 51.9 Å². The fourth-order valence-electron chi connectivity index (χ4n) is 3.30. The number of rotatable bonds is 10. The highest BCUT2D eigenvalue weighted by Crippen LogP contribution is 2.36. The van der Waals surface area contributed by atoms with Crippen LogP contribution in [0.2, 0.25) is 5.02 Å². The number of nitrogens with zero attached hydrogens (tertiary/aromatic N) is 2. The molecule has 198 valence electrons. The largest absolute Gasteiger partial charge is 0.416 e. The molecule has 2 rings (SSSR count). The first kappa shape index (κ1) is 29.4. The van der Waals surface area contributed by atoms with Gasteiger partial charge in [-0.05, 0) is 44.0 Å². The highest BCUT2D eigenvalue weighted by Gasteiger charge is 2.34. The quantitative estimate of drug-likeness (QED) is 0.476. The van der Waals surface area contributed by atoms with Crippen LogP contribution in [0.15, 0.2) is 48.5 Å². The first-order chi connectivity index (χ1) is 16.6. The Labute approximate surface area is 214 Å². The van der Waals surface area contributed by atoms with Crippen molar-refractivity contribution in [3.63, 3.8) is 0 Å². The number of carbonyl (C=O) groups excluding carboxylic acids is 2. The Morgan fingerprint density at radius 3 is 2.22 bits per heavy atom. The molecular weight excluding hydrogens is 519 g/mol. The summed E-state index contributed by atoms with van der Waals surface area (Å²) in [4.78, 5) is 27.5. The van der Waals surface area contributed by atoms with Crippen LogP contribution >= 0.6 is 11.6 Å². The molecule has 2 amide bonds. The molecule has 0 aromatic heterocycles. The van der Waals surface area contributed by atoms with Gasteiger partial charge < -0.3 is 10.2 Å². The molecule has 0 bridgehead atoms. The smallest absolute Gasteiger partial charge is 0.352 e. The molecule has 36 heavy (non-hydrogen) atoms. The number of amides is 2. The molecule has 12 heteroatoms. The van der Waals surface area contributed by atoms with Crippen LogP contribution in [0.3, 0.4) is 0 Å². The van der Waals surface area contributed by atoms with Gasteiger partial charge in [0, 0.05) is 12.6 Å². The van der Waals surface area contributed by atoms with E-state index in [0.717, 1.165) is 18.4 Å². The maximum Gasteiger partial charge on any atom is 0.416 e. The summed E-state index contributed by atoms with van der Waals surface area (Å²) < 4.78 is 65.6. The van der Waals surface area contributed by atoms with E-state index in [1.807, 2.05) is 6.92 Å². The highest BCUT2D eigenvalue weighted by atomic mass is 35.5. The number of halogens is 4. The fourth-order valence-corrected chi connectivity index (χ4v) is 4.43. The molecule has 0 aliphatic carbocycles. The van der Waals surface area contributed by atoms with Crippen LogP contribution in [0.4, 0.5) is 18.9 Å². The standard InChI is InChI=1S/C24H29ClF3N3O4S/c1-5-16(2)29-23(33)17(3)30(14-18-9-7-6-8-10-18)22(32)15-31(36(4,34)35)21-13-19(24(26,27)28)11-12-20(21)25/h6-13,16-17H,5,14-15H2,1-4H3,(H,29,33)/t16-,17-/m0/s1. The molecule has 7 nitrogen and oxygen atoms in total. The summed E-state index contributed by atoms with van der Waals surface area (Å²) >= 11 is 6.06. The van der Waals surface area contributed by atoms with E-state index in [0.29, 0.717) is 22.4 Å². The van der Waals surface area contributed by atoms with Crippen molar-refractivity contribution in [1.29, 1.82) is 0 Å². The summed E-state index contributed by atoms with van der Waals surface area (Å²) in [7, 11) is -4.24. The van der Waals surface area contributed by atoms with Crippen LogP contribution in [0, 0.1) is 0 Å². The molecular formula is C24H29ClF3N3O4S. The van der Waals surface area contributed by atoms with Gasteiger partial charge in [0.25, 0.3) is 0 Å². The van der Waals surface area contributed by atoms with Crippen LogP contribution in [-0.2, 0) is 32.3 Å². The van der Waals surface area contributed by atoms with Crippen molar-refractivity contribution in [3.05, 3.63) is 64.7 Å². The van der Waals surface area contributed by atoms with Crippen molar-refractivity contribution in [2.24, 2.45) is 0 Å². The van der Waals surface area contributed by atoms with Gasteiger partial charge in [-0.25, -0.2) is 8.42 Å². The molecule has 0 unspecified atom stereocenters. The topological polar surface area (TPSA) is 86.8 Å². The first-order valence-corrected chi connectivity index (χ1v) is 13.4. The van der Waals surface area contributed by atoms with Crippen molar-refractivity contribution in [1.82, 2.24) is 10.2 Å². The van der Waals surface area contributed by atoms with Crippen LogP contribution in [-0.4, -0.2) is 50.0 Å². The minimum absolute atomic E-state index is 0.0251. The molecule has 0 aliphatic heterocycles. The molecule has 0 fully saturated rings. The van der Waals surface area contributed by atoms with Crippen LogP contribution in [0.25, 0.3) is 0 Å². The van der Waals surface area contributed by atoms with Crippen molar-refractivity contribution in [2.45, 2.75) is 52.0 Å².